The fraction of sp³-hybridized carbons (Fsp3) is 0.303. The van der Waals surface area contributed by atoms with Crippen LogP contribution in [0, 0.1) is 0 Å². The van der Waals surface area contributed by atoms with Crippen LogP contribution in [0.15, 0.2) is 88.8 Å². The first-order valence-electron chi connectivity index (χ1n) is 14.7. The van der Waals surface area contributed by atoms with Crippen LogP contribution in [-0.4, -0.2) is 46.4 Å². The number of hydrogen-bond acceptors (Lipinski definition) is 7. The molecule has 12 heteroatoms. The number of aliphatic hydroxyl groups excluding tert-OH is 1. The maximum atomic E-state index is 13.3. The van der Waals surface area contributed by atoms with Crippen LogP contribution in [0.4, 0.5) is 4.79 Å². The van der Waals surface area contributed by atoms with Crippen molar-refractivity contribution in [1.29, 1.82) is 0 Å². The Labute approximate surface area is 268 Å². The summed E-state index contributed by atoms with van der Waals surface area (Å²) in [5, 5.41) is 23.7. The lowest BCUT2D eigenvalue weighted by Crippen LogP contribution is -2.39. The average molecular weight is 651 g/mol. The van der Waals surface area contributed by atoms with E-state index in [0.29, 0.717) is 34.1 Å². The average Bonchev–Trinajstić information content (AvgIpc) is 3.37. The van der Waals surface area contributed by atoms with Gasteiger partial charge in [0.15, 0.2) is 0 Å². The molecular formula is C33H38N4O6S2. The highest BCUT2D eigenvalue weighted by molar-refractivity contribution is 7.98. The Bertz CT molecular complexity index is 1710. The van der Waals surface area contributed by atoms with Gasteiger partial charge in [-0.15, -0.1) is 11.8 Å². The van der Waals surface area contributed by atoms with Gasteiger partial charge in [0.05, 0.1) is 17.0 Å². The Morgan fingerprint density at radius 1 is 0.956 bits per heavy atom. The van der Waals surface area contributed by atoms with Gasteiger partial charge in [-0.1, -0.05) is 99.0 Å². The van der Waals surface area contributed by atoms with E-state index >= 15 is 0 Å². The number of carboxylic acids is 1. The zero-order valence-electron chi connectivity index (χ0n) is 25.3. The number of imidazole rings is 1. The van der Waals surface area contributed by atoms with Crippen LogP contribution in [0.25, 0.3) is 11.1 Å². The van der Waals surface area contributed by atoms with Crippen LogP contribution in [0.5, 0.6) is 0 Å². The summed E-state index contributed by atoms with van der Waals surface area (Å²) in [7, 11) is -4.20. The van der Waals surface area contributed by atoms with Crippen LogP contribution in [0.3, 0.4) is 0 Å². The number of amides is 2. The molecular weight excluding hydrogens is 613 g/mol. The Balaban J connectivity index is 1.57. The minimum absolute atomic E-state index is 0.0481. The van der Waals surface area contributed by atoms with Crippen LogP contribution in [0.1, 0.15) is 61.4 Å². The number of carboxylic acid groups (broad SMARTS) is 1. The van der Waals surface area contributed by atoms with Gasteiger partial charge in [0, 0.05) is 18.7 Å². The molecule has 0 spiro atoms. The first kappa shape index (κ1) is 33.8. The first-order chi connectivity index (χ1) is 21.6. The number of thioether (sulfide) groups is 1. The van der Waals surface area contributed by atoms with Crippen LogP contribution in [-0.2, 0) is 34.3 Å². The molecule has 0 saturated carbocycles. The normalized spacial score (nSPS) is 12.1. The third-order valence-corrected chi connectivity index (χ3v) is 9.36. The van der Waals surface area contributed by atoms with Gasteiger partial charge in [0.1, 0.15) is 17.0 Å². The Kier molecular flexibility index (Phi) is 11.8. The number of sulfonamides is 1. The van der Waals surface area contributed by atoms with Gasteiger partial charge in [0.25, 0.3) is 10.0 Å². The molecule has 4 aromatic rings. The van der Waals surface area contributed by atoms with E-state index in [-0.39, 0.29) is 24.4 Å². The molecule has 0 saturated heterocycles. The molecule has 0 bridgehead atoms. The van der Waals surface area contributed by atoms with Gasteiger partial charge in [-0.25, -0.2) is 22.9 Å². The van der Waals surface area contributed by atoms with Crippen molar-refractivity contribution >= 4 is 33.8 Å². The summed E-state index contributed by atoms with van der Waals surface area (Å²) < 4.78 is 30.4. The van der Waals surface area contributed by atoms with E-state index in [4.69, 9.17) is 0 Å². The molecule has 1 heterocycles. The number of hydrogen-bond donors (Lipinski definition) is 4. The summed E-state index contributed by atoms with van der Waals surface area (Å²) in [5.74, 6) is -0.558. The lowest BCUT2D eigenvalue weighted by atomic mass is 10.0. The number of nitrogens with zero attached hydrogens (tertiary/aromatic N) is 2. The number of aliphatic carboxylic acids is 1. The largest absolute Gasteiger partial charge is 0.481 e. The summed E-state index contributed by atoms with van der Waals surface area (Å²) in [6, 6.07) is 22.0. The number of aromatic nitrogens is 2. The fourth-order valence-electron chi connectivity index (χ4n) is 5.01. The molecule has 3 aromatic carbocycles. The van der Waals surface area contributed by atoms with Crippen LogP contribution in [0.2, 0.25) is 0 Å². The lowest BCUT2D eigenvalue weighted by molar-refractivity contribution is -0.136. The van der Waals surface area contributed by atoms with Gasteiger partial charge in [-0.3, -0.25) is 4.79 Å². The van der Waals surface area contributed by atoms with E-state index in [9.17, 15) is 28.2 Å². The number of benzene rings is 3. The molecule has 10 nitrogen and oxygen atoms in total. The van der Waals surface area contributed by atoms with Gasteiger partial charge in [-0.05, 0) is 35.4 Å². The predicted molar refractivity (Wildman–Crippen MR) is 174 cm³/mol. The van der Waals surface area contributed by atoms with Crippen molar-refractivity contribution in [2.75, 3.05) is 6.26 Å². The molecule has 1 aromatic heterocycles. The third-order valence-electron chi connectivity index (χ3n) is 7.26. The van der Waals surface area contributed by atoms with Crippen molar-refractivity contribution in [3.05, 3.63) is 102 Å². The molecule has 0 aliphatic carbocycles. The summed E-state index contributed by atoms with van der Waals surface area (Å²) in [5.41, 5.74) is 3.20. The molecule has 4 rings (SSSR count). The topological polar surface area (TPSA) is 151 Å². The van der Waals surface area contributed by atoms with Crippen molar-refractivity contribution < 1.29 is 28.2 Å². The summed E-state index contributed by atoms with van der Waals surface area (Å²) in [4.78, 5) is 28.8. The van der Waals surface area contributed by atoms with E-state index in [1.54, 1.807) is 34.9 Å². The van der Waals surface area contributed by atoms with Gasteiger partial charge < -0.3 is 20.1 Å². The number of carbonyl (C=O) groups excluding carboxylic acids is 1. The zero-order chi connectivity index (χ0) is 32.4. The minimum atomic E-state index is -4.20. The molecule has 1 unspecified atom stereocenters. The maximum absolute atomic E-state index is 13.3. The highest BCUT2D eigenvalue weighted by Crippen LogP contribution is 2.31. The second-order valence-electron chi connectivity index (χ2n) is 10.6. The van der Waals surface area contributed by atoms with E-state index in [1.807, 2.05) is 48.7 Å². The van der Waals surface area contributed by atoms with E-state index in [0.717, 1.165) is 30.4 Å². The summed E-state index contributed by atoms with van der Waals surface area (Å²) in [6.45, 7) is 2.54. The molecule has 2 amide bonds. The third kappa shape index (κ3) is 8.96. The second kappa shape index (κ2) is 15.7. The molecule has 4 N–H and O–H groups in total. The highest BCUT2D eigenvalue weighted by Gasteiger charge is 2.24. The van der Waals surface area contributed by atoms with Crippen LogP contribution >= 0.6 is 11.8 Å². The molecule has 0 aliphatic heterocycles. The quantitative estimate of drug-likeness (QED) is 0.0939. The smallest absolute Gasteiger partial charge is 0.328 e. The van der Waals surface area contributed by atoms with E-state index < -0.39 is 28.1 Å². The van der Waals surface area contributed by atoms with Gasteiger partial charge >= 0.3 is 12.0 Å². The Morgan fingerprint density at radius 2 is 1.64 bits per heavy atom. The summed E-state index contributed by atoms with van der Waals surface area (Å²) in [6.07, 6.45) is 4.09. The van der Waals surface area contributed by atoms with Crippen LogP contribution < -0.4 is 10.0 Å². The fourth-order valence-corrected chi connectivity index (χ4v) is 6.77. The molecule has 0 aliphatic rings. The Morgan fingerprint density at radius 3 is 2.31 bits per heavy atom. The van der Waals surface area contributed by atoms with Gasteiger partial charge in [0.2, 0.25) is 0 Å². The lowest BCUT2D eigenvalue weighted by Gasteiger charge is -2.16. The van der Waals surface area contributed by atoms with E-state index in [1.165, 1.54) is 17.8 Å². The molecule has 0 fully saturated rings. The maximum Gasteiger partial charge on any atom is 0.328 e. The monoisotopic (exact) mass is 650 g/mol. The van der Waals surface area contributed by atoms with Crippen molar-refractivity contribution in [2.24, 2.45) is 0 Å². The standard InChI is InChI=1S/C33H38N4O6S2/c1-3-4-6-14-28(38)31-35-32(44-2)27(20-30(39)40)37(31)22-24-16-18-25(19-17-24)26-13-9-10-15-29(26)45(42,43)36-33(41)34-21-23-11-7-5-8-12-23/h5,7-13,15-19,28,38H,3-4,6,14,20-22H2,1-2H3,(H,39,40)(H2,34,36,41). The van der Waals surface area contributed by atoms with Crippen molar-refractivity contribution in [2.45, 2.75) is 68.1 Å². The zero-order valence-corrected chi connectivity index (χ0v) is 26.9. The number of aliphatic hydroxyl groups is 1. The molecule has 238 valence electrons. The van der Waals surface area contributed by atoms with Crippen molar-refractivity contribution in [3.63, 3.8) is 0 Å². The highest BCUT2D eigenvalue weighted by atomic mass is 32.2. The SMILES string of the molecule is CCCCCC(O)c1nc(SC)c(CC(=O)O)n1Cc1ccc(-c2ccccc2S(=O)(=O)NC(=O)NCc2ccccc2)cc1. The molecule has 1 atom stereocenters. The van der Waals surface area contributed by atoms with Crippen molar-refractivity contribution in [1.82, 2.24) is 19.6 Å². The second-order valence-corrected chi connectivity index (χ2v) is 13.0. The predicted octanol–water partition coefficient (Wildman–Crippen LogP) is 5.75. The van der Waals surface area contributed by atoms with Gasteiger partial charge in [-0.2, -0.15) is 0 Å². The molecule has 0 radical (unpaired) electrons. The number of nitrogens with one attached hydrogen (secondary N) is 2. The number of urea groups is 1. The number of carbonyl (C=O) groups is 2. The molecule has 45 heavy (non-hydrogen) atoms. The minimum Gasteiger partial charge on any atom is -0.481 e. The number of rotatable bonds is 15. The van der Waals surface area contributed by atoms with Crippen molar-refractivity contribution in [3.8, 4) is 11.1 Å². The number of unbranched alkanes of at least 4 members (excludes halogenated alkanes) is 2. The van der Waals surface area contributed by atoms with E-state index in [2.05, 4.69) is 21.9 Å². The Hall–Kier alpha value is -4.13. The summed E-state index contributed by atoms with van der Waals surface area (Å²) >= 11 is 1.34. The first-order valence-corrected chi connectivity index (χ1v) is 17.4.